The van der Waals surface area contributed by atoms with E-state index in [0.717, 1.165) is 22.2 Å². The van der Waals surface area contributed by atoms with E-state index in [1.165, 1.54) is 13.3 Å². The molecular weight excluding hydrogens is 324 g/mol. The van der Waals surface area contributed by atoms with E-state index < -0.39 is 30.6 Å². The monoisotopic (exact) mass is 344 g/mol. The first kappa shape index (κ1) is 16.2. The average molecular weight is 344 g/mol. The summed E-state index contributed by atoms with van der Waals surface area (Å²) in [5.74, 6) is 0.610. The number of nitrogens with zero attached hydrogens (tertiary/aromatic N) is 3. The molecule has 0 radical (unpaired) electrons. The van der Waals surface area contributed by atoms with Crippen LogP contribution in [-0.4, -0.2) is 54.3 Å². The predicted molar refractivity (Wildman–Crippen MR) is 91.6 cm³/mol. The molecule has 0 amide bonds. The molecule has 2 aromatic heterocycles. The molecule has 25 heavy (non-hydrogen) atoms. The Bertz CT molecular complexity index is 888. The summed E-state index contributed by atoms with van der Waals surface area (Å²) in [4.78, 5) is 8.61. The van der Waals surface area contributed by atoms with Crippen LogP contribution >= 0.6 is 0 Å². The summed E-state index contributed by atoms with van der Waals surface area (Å²) >= 11 is 0. The van der Waals surface area contributed by atoms with Gasteiger partial charge in [0, 0.05) is 23.9 Å². The highest BCUT2D eigenvalue weighted by atomic mass is 16.6. The Balaban J connectivity index is 1.92. The molecule has 2 aromatic rings. The Morgan fingerprint density at radius 2 is 2.20 bits per heavy atom. The summed E-state index contributed by atoms with van der Waals surface area (Å²) in [6, 6.07) is 0. The van der Waals surface area contributed by atoms with Gasteiger partial charge in [-0.25, -0.2) is 9.97 Å². The highest BCUT2D eigenvalue weighted by molar-refractivity contribution is 6.00. The Hall–Kier alpha value is -2.26. The van der Waals surface area contributed by atoms with Crippen molar-refractivity contribution in [3.63, 3.8) is 0 Å². The van der Waals surface area contributed by atoms with Crippen molar-refractivity contribution in [1.82, 2.24) is 14.5 Å². The number of anilines is 1. The third-order valence-electron chi connectivity index (χ3n) is 4.90. The first-order valence-electron chi connectivity index (χ1n) is 7.99. The number of ether oxygens (including phenoxy) is 1. The maximum absolute atomic E-state index is 10.8. The molecule has 8 heteroatoms. The average Bonchev–Trinajstić information content (AvgIpc) is 3.00. The Morgan fingerprint density at radius 1 is 1.44 bits per heavy atom. The molecule has 1 fully saturated rings. The topological polar surface area (TPSA) is 113 Å². The first-order valence-corrected chi connectivity index (χ1v) is 7.99. The highest BCUT2D eigenvalue weighted by Gasteiger charge is 2.53. The molecule has 0 saturated carbocycles. The molecular formula is C17H20N4O4. The van der Waals surface area contributed by atoms with Crippen molar-refractivity contribution in [2.75, 3.05) is 11.9 Å². The van der Waals surface area contributed by atoms with Gasteiger partial charge >= 0.3 is 0 Å². The van der Waals surface area contributed by atoms with Crippen LogP contribution in [0.15, 0.2) is 31.4 Å². The molecule has 4 heterocycles. The van der Waals surface area contributed by atoms with Gasteiger partial charge in [0.2, 0.25) is 0 Å². The molecule has 2 aliphatic heterocycles. The van der Waals surface area contributed by atoms with Crippen LogP contribution < -0.4 is 5.32 Å². The maximum Gasteiger partial charge on any atom is 0.167 e. The van der Waals surface area contributed by atoms with Crippen LogP contribution in [0.2, 0.25) is 0 Å². The summed E-state index contributed by atoms with van der Waals surface area (Å²) in [6.45, 7) is 9.16. The number of aliphatic hydroxyl groups excluding tert-OH is 2. The van der Waals surface area contributed by atoms with Crippen LogP contribution in [0.4, 0.5) is 5.82 Å². The maximum atomic E-state index is 10.8. The van der Waals surface area contributed by atoms with Gasteiger partial charge in [-0.15, -0.1) is 0 Å². The van der Waals surface area contributed by atoms with E-state index >= 15 is 0 Å². The Labute approximate surface area is 144 Å². The van der Waals surface area contributed by atoms with Gasteiger partial charge in [-0.1, -0.05) is 13.2 Å². The SMILES string of the molecule is C=C1CC(=C)c2cn([C@@H]3O[C@H](CO)[C@@H](O)C3(C)O)c3ncnc(c23)N1. The van der Waals surface area contributed by atoms with Gasteiger partial charge in [0.15, 0.2) is 6.23 Å². The third-order valence-corrected chi connectivity index (χ3v) is 4.90. The lowest BCUT2D eigenvalue weighted by atomic mass is 9.96. The number of hydrogen-bond acceptors (Lipinski definition) is 7. The fourth-order valence-electron chi connectivity index (χ4n) is 3.58. The summed E-state index contributed by atoms with van der Waals surface area (Å²) < 4.78 is 7.39. The quantitative estimate of drug-likeness (QED) is 0.637. The molecule has 0 aromatic carbocycles. The van der Waals surface area contributed by atoms with E-state index in [4.69, 9.17) is 4.74 Å². The Kier molecular flexibility index (Phi) is 3.48. The molecule has 4 rings (SSSR count). The van der Waals surface area contributed by atoms with Crippen LogP contribution in [0.5, 0.6) is 0 Å². The van der Waals surface area contributed by atoms with E-state index in [1.54, 1.807) is 10.8 Å². The van der Waals surface area contributed by atoms with E-state index in [1.807, 2.05) is 0 Å². The zero-order valence-corrected chi connectivity index (χ0v) is 13.8. The summed E-state index contributed by atoms with van der Waals surface area (Å²) in [5.41, 5.74) is 1.40. The largest absolute Gasteiger partial charge is 0.394 e. The minimum Gasteiger partial charge on any atom is -0.394 e. The number of aliphatic hydroxyl groups is 3. The second kappa shape index (κ2) is 5.37. The number of aromatic nitrogens is 3. The molecule has 1 unspecified atom stereocenters. The standard InChI is InChI=1S/C17H20N4O4/c1-8-4-9(2)20-14-12-10(8)5-21(15(12)19-7-18-14)16-17(3,24)13(23)11(6-22)25-16/h5,7,11,13,16,22-24H,1-2,4,6H2,3H3,(H,18,19,20)/t11-,13-,16-,17?/m1/s1. The number of nitrogens with one attached hydrogen (secondary N) is 1. The highest BCUT2D eigenvalue weighted by Crippen LogP contribution is 2.43. The van der Waals surface area contributed by atoms with Crippen molar-refractivity contribution < 1.29 is 20.1 Å². The third kappa shape index (κ3) is 2.22. The lowest BCUT2D eigenvalue weighted by molar-refractivity contribution is -0.0948. The fraction of sp³-hybridized carbons (Fsp3) is 0.412. The molecule has 0 bridgehead atoms. The molecule has 0 spiro atoms. The van der Waals surface area contributed by atoms with E-state index in [-0.39, 0.29) is 0 Å². The lowest BCUT2D eigenvalue weighted by Gasteiger charge is -2.27. The zero-order chi connectivity index (χ0) is 17.9. The van der Waals surface area contributed by atoms with Crippen molar-refractivity contribution in [3.05, 3.63) is 36.9 Å². The molecule has 8 nitrogen and oxygen atoms in total. The fourth-order valence-corrected chi connectivity index (χ4v) is 3.58. The summed E-state index contributed by atoms with van der Waals surface area (Å²) in [6.07, 6.45) is 0.746. The van der Waals surface area contributed by atoms with Gasteiger partial charge in [0.25, 0.3) is 0 Å². The molecule has 132 valence electrons. The van der Waals surface area contributed by atoms with Crippen LogP contribution in [0.1, 0.15) is 25.1 Å². The van der Waals surface area contributed by atoms with Gasteiger partial charge < -0.3 is 29.9 Å². The zero-order valence-electron chi connectivity index (χ0n) is 13.8. The summed E-state index contributed by atoms with van der Waals surface area (Å²) in [7, 11) is 0. The van der Waals surface area contributed by atoms with Gasteiger partial charge in [-0.05, 0) is 12.5 Å². The van der Waals surface area contributed by atoms with Crippen molar-refractivity contribution >= 4 is 22.4 Å². The lowest BCUT2D eigenvalue weighted by Crippen LogP contribution is -2.44. The van der Waals surface area contributed by atoms with Crippen molar-refractivity contribution in [2.24, 2.45) is 0 Å². The first-order chi connectivity index (χ1) is 11.8. The van der Waals surface area contributed by atoms with Gasteiger partial charge in [-0.2, -0.15) is 0 Å². The van der Waals surface area contributed by atoms with Crippen molar-refractivity contribution in [1.29, 1.82) is 0 Å². The number of allylic oxidation sites excluding steroid dienone is 1. The van der Waals surface area contributed by atoms with E-state index in [9.17, 15) is 15.3 Å². The predicted octanol–water partition coefficient (Wildman–Crippen LogP) is 0.775. The number of rotatable bonds is 2. The number of hydrogen-bond donors (Lipinski definition) is 4. The second-order valence-corrected chi connectivity index (χ2v) is 6.76. The van der Waals surface area contributed by atoms with Crippen LogP contribution in [0.25, 0.3) is 16.6 Å². The smallest absolute Gasteiger partial charge is 0.167 e. The van der Waals surface area contributed by atoms with Gasteiger partial charge in [-0.3, -0.25) is 0 Å². The molecule has 2 aliphatic rings. The molecule has 4 atom stereocenters. The van der Waals surface area contributed by atoms with Crippen LogP contribution in [0, 0.1) is 0 Å². The van der Waals surface area contributed by atoms with Crippen LogP contribution in [0.3, 0.4) is 0 Å². The molecule has 0 aliphatic carbocycles. The van der Waals surface area contributed by atoms with Crippen molar-refractivity contribution in [2.45, 2.75) is 37.4 Å². The van der Waals surface area contributed by atoms with E-state index in [0.29, 0.717) is 17.9 Å². The van der Waals surface area contributed by atoms with Crippen molar-refractivity contribution in [3.8, 4) is 0 Å². The minimum atomic E-state index is -1.59. The Morgan fingerprint density at radius 3 is 2.88 bits per heavy atom. The van der Waals surface area contributed by atoms with E-state index in [2.05, 4.69) is 28.4 Å². The second-order valence-electron chi connectivity index (χ2n) is 6.76. The molecule has 4 N–H and O–H groups in total. The molecule has 1 saturated heterocycles. The summed E-state index contributed by atoms with van der Waals surface area (Å²) in [5, 5.41) is 34.3. The normalized spacial score (nSPS) is 32.1. The van der Waals surface area contributed by atoms with Crippen LogP contribution in [-0.2, 0) is 4.74 Å². The van der Waals surface area contributed by atoms with Gasteiger partial charge in [0.1, 0.15) is 35.6 Å². The van der Waals surface area contributed by atoms with Gasteiger partial charge in [0.05, 0.1) is 12.0 Å². The minimum absolute atomic E-state index is 0.395.